The van der Waals surface area contributed by atoms with E-state index >= 15 is 0 Å². The number of rotatable bonds is 4. The molecule has 0 radical (unpaired) electrons. The normalized spacial score (nSPS) is 15.4. The van der Waals surface area contributed by atoms with Gasteiger partial charge in [-0.15, -0.1) is 0 Å². The Balaban J connectivity index is 2.26. The Hall–Kier alpha value is -1.69. The summed E-state index contributed by atoms with van der Waals surface area (Å²) in [6, 6.07) is 0. The highest BCUT2D eigenvalue weighted by Crippen LogP contribution is 2.18. The van der Waals surface area contributed by atoms with Crippen LogP contribution in [0.3, 0.4) is 0 Å². The van der Waals surface area contributed by atoms with E-state index in [0.29, 0.717) is 17.2 Å². The van der Waals surface area contributed by atoms with Crippen molar-refractivity contribution in [3.05, 3.63) is 17.5 Å². The highest BCUT2D eigenvalue weighted by Gasteiger charge is 2.19. The Kier molecular flexibility index (Phi) is 4.68. The predicted molar refractivity (Wildman–Crippen MR) is 70.1 cm³/mol. The lowest BCUT2D eigenvalue weighted by molar-refractivity contribution is 0.0594. The molecule has 1 aromatic rings. The topological polar surface area (TPSA) is 64.5 Å². The van der Waals surface area contributed by atoms with Crippen molar-refractivity contribution in [3.8, 4) is 0 Å². The van der Waals surface area contributed by atoms with Crippen LogP contribution in [0.5, 0.6) is 0 Å². The predicted octanol–water partition coefficient (Wildman–Crippen LogP) is 1.40. The first-order chi connectivity index (χ1) is 9.26. The van der Waals surface area contributed by atoms with Crippen LogP contribution in [-0.4, -0.2) is 43.2 Å². The van der Waals surface area contributed by atoms with Crippen molar-refractivity contribution in [1.82, 2.24) is 9.97 Å². The van der Waals surface area contributed by atoms with Crippen molar-refractivity contribution in [3.63, 3.8) is 0 Å². The minimum atomic E-state index is -0.433. The molecule has 6 heteroatoms. The van der Waals surface area contributed by atoms with E-state index < -0.39 is 5.97 Å². The van der Waals surface area contributed by atoms with Crippen LogP contribution in [0.25, 0.3) is 0 Å². The Morgan fingerprint density at radius 3 is 2.68 bits per heavy atom. The first kappa shape index (κ1) is 13.7. The Bertz CT molecular complexity index is 445. The van der Waals surface area contributed by atoms with Gasteiger partial charge in [0, 0.05) is 26.4 Å². The third kappa shape index (κ3) is 3.20. The van der Waals surface area contributed by atoms with Gasteiger partial charge in [-0.3, -0.25) is 0 Å². The van der Waals surface area contributed by atoms with Gasteiger partial charge in [-0.05, 0) is 19.3 Å². The maximum absolute atomic E-state index is 11.6. The van der Waals surface area contributed by atoms with Crippen LogP contribution in [0.2, 0.25) is 0 Å². The smallest absolute Gasteiger partial charge is 0.341 e. The minimum absolute atomic E-state index is 0.272. The van der Waals surface area contributed by atoms with Gasteiger partial charge in [0.05, 0.1) is 19.4 Å². The van der Waals surface area contributed by atoms with Crippen molar-refractivity contribution >= 4 is 11.9 Å². The molecule has 104 valence electrons. The van der Waals surface area contributed by atoms with Gasteiger partial charge in [-0.1, -0.05) is 0 Å². The molecule has 0 saturated carbocycles. The molecule has 1 aromatic heterocycles. The lowest BCUT2D eigenvalue weighted by atomic mass is 10.1. The zero-order valence-corrected chi connectivity index (χ0v) is 11.4. The highest BCUT2D eigenvalue weighted by molar-refractivity contribution is 5.90. The zero-order chi connectivity index (χ0) is 13.7. The van der Waals surface area contributed by atoms with Crippen LogP contribution in [0.1, 0.15) is 35.3 Å². The summed E-state index contributed by atoms with van der Waals surface area (Å²) in [5, 5.41) is 0. The van der Waals surface area contributed by atoms with Crippen molar-refractivity contribution in [2.75, 3.05) is 32.2 Å². The van der Waals surface area contributed by atoms with Crippen LogP contribution in [0, 0.1) is 0 Å². The van der Waals surface area contributed by atoms with Gasteiger partial charge < -0.3 is 14.4 Å². The summed E-state index contributed by atoms with van der Waals surface area (Å²) in [4.78, 5) is 22.5. The minimum Gasteiger partial charge on any atom is -0.465 e. The van der Waals surface area contributed by atoms with E-state index in [1.54, 1.807) is 7.11 Å². The molecule has 6 nitrogen and oxygen atoms in total. The van der Waals surface area contributed by atoms with Crippen LogP contribution in [0.4, 0.5) is 5.95 Å². The summed E-state index contributed by atoms with van der Waals surface area (Å²) in [6.07, 6.45) is 5.09. The molecule has 1 aliphatic rings. The fourth-order valence-corrected chi connectivity index (χ4v) is 2.18. The Morgan fingerprint density at radius 1 is 1.32 bits per heavy atom. The molecule has 1 fully saturated rings. The highest BCUT2D eigenvalue weighted by atomic mass is 16.5. The molecule has 0 aliphatic carbocycles. The number of hydrogen-bond acceptors (Lipinski definition) is 6. The first-order valence-corrected chi connectivity index (χ1v) is 6.44. The van der Waals surface area contributed by atoms with Crippen molar-refractivity contribution in [2.24, 2.45) is 0 Å². The number of hydrogen-bond donors (Lipinski definition) is 0. The molecule has 1 saturated heterocycles. The van der Waals surface area contributed by atoms with Gasteiger partial charge in [-0.25, -0.2) is 14.8 Å². The second-order valence-electron chi connectivity index (χ2n) is 4.50. The fourth-order valence-electron chi connectivity index (χ4n) is 2.18. The molecule has 0 atom stereocenters. The SMILES string of the molecule is COCc1nc(N2CCCCC2)ncc1C(=O)OC. The van der Waals surface area contributed by atoms with Gasteiger partial charge in [0.2, 0.25) is 5.95 Å². The molecule has 0 amide bonds. The molecular formula is C13H19N3O3. The molecule has 2 heterocycles. The van der Waals surface area contributed by atoms with E-state index in [9.17, 15) is 4.79 Å². The lowest BCUT2D eigenvalue weighted by Gasteiger charge is -2.27. The summed E-state index contributed by atoms with van der Waals surface area (Å²) < 4.78 is 9.81. The summed E-state index contributed by atoms with van der Waals surface area (Å²) >= 11 is 0. The fraction of sp³-hybridized carbons (Fsp3) is 0.615. The van der Waals surface area contributed by atoms with E-state index in [2.05, 4.69) is 14.9 Å². The molecule has 0 aromatic carbocycles. The maximum Gasteiger partial charge on any atom is 0.341 e. The summed E-state index contributed by atoms with van der Waals surface area (Å²) in [5.41, 5.74) is 0.940. The largest absolute Gasteiger partial charge is 0.465 e. The molecule has 1 aliphatic heterocycles. The molecule has 19 heavy (non-hydrogen) atoms. The molecule has 0 unspecified atom stereocenters. The molecule has 2 rings (SSSR count). The summed E-state index contributed by atoms with van der Waals surface area (Å²) in [5.74, 6) is 0.233. The Labute approximate surface area is 112 Å². The quantitative estimate of drug-likeness (QED) is 0.767. The molecule has 0 spiro atoms. The zero-order valence-electron chi connectivity index (χ0n) is 11.4. The number of esters is 1. The van der Waals surface area contributed by atoms with Crippen molar-refractivity contribution in [2.45, 2.75) is 25.9 Å². The molecule has 0 N–H and O–H groups in total. The van der Waals surface area contributed by atoms with Gasteiger partial charge >= 0.3 is 5.97 Å². The van der Waals surface area contributed by atoms with Crippen LogP contribution in [0.15, 0.2) is 6.20 Å². The van der Waals surface area contributed by atoms with Crippen molar-refractivity contribution in [1.29, 1.82) is 0 Å². The molecule has 0 bridgehead atoms. The second kappa shape index (κ2) is 6.47. The average molecular weight is 265 g/mol. The third-order valence-electron chi connectivity index (χ3n) is 3.18. The van der Waals surface area contributed by atoms with Gasteiger partial charge in [-0.2, -0.15) is 0 Å². The number of methoxy groups -OCH3 is 2. The van der Waals surface area contributed by atoms with Gasteiger partial charge in [0.25, 0.3) is 0 Å². The number of piperidine rings is 1. The summed E-state index contributed by atoms with van der Waals surface area (Å²) in [6.45, 7) is 2.20. The van der Waals surface area contributed by atoms with E-state index in [0.717, 1.165) is 25.9 Å². The summed E-state index contributed by atoms with van der Waals surface area (Å²) in [7, 11) is 2.92. The van der Waals surface area contributed by atoms with Crippen LogP contribution >= 0.6 is 0 Å². The first-order valence-electron chi connectivity index (χ1n) is 6.44. The lowest BCUT2D eigenvalue weighted by Crippen LogP contribution is -2.31. The van der Waals surface area contributed by atoms with Crippen LogP contribution < -0.4 is 4.90 Å². The molecular weight excluding hydrogens is 246 g/mol. The monoisotopic (exact) mass is 265 g/mol. The second-order valence-corrected chi connectivity index (χ2v) is 4.50. The van der Waals surface area contributed by atoms with Crippen molar-refractivity contribution < 1.29 is 14.3 Å². The van der Waals surface area contributed by atoms with Gasteiger partial charge in [0.15, 0.2) is 0 Å². The van der Waals surface area contributed by atoms with E-state index in [4.69, 9.17) is 9.47 Å². The number of nitrogens with zero attached hydrogens (tertiary/aromatic N) is 3. The van der Waals surface area contributed by atoms with Gasteiger partial charge in [0.1, 0.15) is 5.56 Å². The Morgan fingerprint density at radius 2 is 2.05 bits per heavy atom. The van der Waals surface area contributed by atoms with Crippen LogP contribution in [-0.2, 0) is 16.1 Å². The number of carbonyl (C=O) groups excluding carboxylic acids is 1. The number of carbonyl (C=O) groups is 1. The third-order valence-corrected chi connectivity index (χ3v) is 3.18. The number of ether oxygens (including phenoxy) is 2. The van der Waals surface area contributed by atoms with E-state index in [1.165, 1.54) is 19.7 Å². The standard InChI is InChI=1S/C13H19N3O3/c1-18-9-11-10(12(17)19-2)8-14-13(15-11)16-6-4-3-5-7-16/h8H,3-7,9H2,1-2H3. The average Bonchev–Trinajstić information content (AvgIpc) is 2.47. The van der Waals surface area contributed by atoms with E-state index in [1.807, 2.05) is 0 Å². The maximum atomic E-state index is 11.6. The number of anilines is 1. The van der Waals surface area contributed by atoms with E-state index in [-0.39, 0.29) is 6.61 Å². The number of aromatic nitrogens is 2.